The second-order valence-electron chi connectivity index (χ2n) is 5.92. The molecule has 18 heavy (non-hydrogen) atoms. The number of nitrogens with one attached hydrogen (secondary N) is 1. The molecule has 4 nitrogen and oxygen atoms in total. The van der Waals surface area contributed by atoms with Gasteiger partial charge in [0.15, 0.2) is 0 Å². The van der Waals surface area contributed by atoms with Crippen molar-refractivity contribution < 1.29 is 4.79 Å². The van der Waals surface area contributed by atoms with Gasteiger partial charge in [-0.2, -0.15) is 5.10 Å². The molecule has 1 aliphatic carbocycles. The lowest BCUT2D eigenvalue weighted by Crippen LogP contribution is -2.45. The lowest BCUT2D eigenvalue weighted by atomic mass is 9.78. The van der Waals surface area contributed by atoms with E-state index in [9.17, 15) is 4.79 Å². The summed E-state index contributed by atoms with van der Waals surface area (Å²) in [6.45, 7) is 5.72. The molecule has 0 radical (unpaired) electrons. The van der Waals surface area contributed by atoms with Crippen molar-refractivity contribution in [1.29, 1.82) is 0 Å². The van der Waals surface area contributed by atoms with Gasteiger partial charge >= 0.3 is 0 Å². The molecular formula is C14H21N3O. The zero-order valence-electron chi connectivity index (χ0n) is 11.2. The first-order valence-corrected chi connectivity index (χ1v) is 6.96. The van der Waals surface area contributed by atoms with Crippen molar-refractivity contribution in [3.05, 3.63) is 17.0 Å². The molecular weight excluding hydrogens is 226 g/mol. The number of hydrogen-bond donors (Lipinski definition) is 1. The fourth-order valence-electron chi connectivity index (χ4n) is 3.62. The summed E-state index contributed by atoms with van der Waals surface area (Å²) in [6.07, 6.45) is 5.27. The standard InChI is InChI=1S/C14H21N3O/c1-9-13(10(2)16-15-9)14(18)17-7-11-4-3-5-12(6-11)8-17/h11-12H,3-8H2,1-2H3,(H,15,16). The Morgan fingerprint density at radius 1 is 1.28 bits per heavy atom. The molecule has 0 aromatic carbocycles. The summed E-state index contributed by atoms with van der Waals surface area (Å²) >= 11 is 0. The van der Waals surface area contributed by atoms with Crippen LogP contribution in [0.2, 0.25) is 0 Å². The predicted molar refractivity (Wildman–Crippen MR) is 69.4 cm³/mol. The number of aryl methyl sites for hydroxylation is 2. The molecule has 1 aliphatic heterocycles. The zero-order valence-corrected chi connectivity index (χ0v) is 11.2. The Morgan fingerprint density at radius 2 is 1.94 bits per heavy atom. The smallest absolute Gasteiger partial charge is 0.257 e. The predicted octanol–water partition coefficient (Wildman–Crippen LogP) is 2.29. The molecule has 98 valence electrons. The Morgan fingerprint density at radius 3 is 2.50 bits per heavy atom. The SMILES string of the molecule is Cc1n[nH]c(C)c1C(=O)N1CC2CCCC(C2)C1. The normalized spacial score (nSPS) is 27.3. The van der Waals surface area contributed by atoms with Crippen molar-refractivity contribution in [2.24, 2.45) is 11.8 Å². The van der Waals surface area contributed by atoms with Gasteiger partial charge < -0.3 is 4.90 Å². The van der Waals surface area contributed by atoms with Crippen LogP contribution in [0, 0.1) is 25.7 Å². The number of rotatable bonds is 1. The second kappa shape index (κ2) is 4.41. The van der Waals surface area contributed by atoms with E-state index in [1.54, 1.807) is 0 Å². The second-order valence-corrected chi connectivity index (χ2v) is 5.92. The van der Waals surface area contributed by atoms with Gasteiger partial charge in [-0.15, -0.1) is 0 Å². The minimum Gasteiger partial charge on any atom is -0.338 e. The topological polar surface area (TPSA) is 49.0 Å². The van der Waals surface area contributed by atoms with E-state index in [2.05, 4.69) is 15.1 Å². The van der Waals surface area contributed by atoms with Crippen molar-refractivity contribution in [3.63, 3.8) is 0 Å². The number of carbonyl (C=O) groups is 1. The summed E-state index contributed by atoms with van der Waals surface area (Å²) in [6, 6.07) is 0. The van der Waals surface area contributed by atoms with Crippen molar-refractivity contribution >= 4 is 5.91 Å². The number of aromatic nitrogens is 2. The molecule has 2 atom stereocenters. The summed E-state index contributed by atoms with van der Waals surface area (Å²) in [4.78, 5) is 14.7. The highest BCUT2D eigenvalue weighted by atomic mass is 16.2. The van der Waals surface area contributed by atoms with Crippen LogP contribution in [-0.2, 0) is 0 Å². The third kappa shape index (κ3) is 1.93. The molecule has 0 spiro atoms. The lowest BCUT2D eigenvalue weighted by Gasteiger charge is -2.41. The minimum atomic E-state index is 0.176. The van der Waals surface area contributed by atoms with Gasteiger partial charge in [0, 0.05) is 18.8 Å². The van der Waals surface area contributed by atoms with Gasteiger partial charge in [0.2, 0.25) is 0 Å². The van der Waals surface area contributed by atoms with Gasteiger partial charge in [0.1, 0.15) is 0 Å². The molecule has 1 amide bonds. The first-order valence-electron chi connectivity index (χ1n) is 6.96. The summed E-state index contributed by atoms with van der Waals surface area (Å²) in [7, 11) is 0. The maximum absolute atomic E-state index is 12.6. The summed E-state index contributed by atoms with van der Waals surface area (Å²) in [5, 5.41) is 7.04. The average molecular weight is 247 g/mol. The quantitative estimate of drug-likeness (QED) is 0.827. The van der Waals surface area contributed by atoms with Crippen molar-refractivity contribution in [3.8, 4) is 0 Å². The largest absolute Gasteiger partial charge is 0.338 e. The van der Waals surface area contributed by atoms with Crippen molar-refractivity contribution in [2.45, 2.75) is 39.5 Å². The molecule has 2 unspecified atom stereocenters. The third-order valence-corrected chi connectivity index (χ3v) is 4.48. The van der Waals surface area contributed by atoms with Gasteiger partial charge in [-0.25, -0.2) is 0 Å². The van der Waals surface area contributed by atoms with Gasteiger partial charge in [0.05, 0.1) is 11.3 Å². The number of hydrogen-bond acceptors (Lipinski definition) is 2. The molecule has 1 aromatic rings. The summed E-state index contributed by atoms with van der Waals surface area (Å²) in [5.74, 6) is 1.64. The Labute approximate surface area is 108 Å². The Bertz CT molecular complexity index is 434. The van der Waals surface area contributed by atoms with Crippen LogP contribution in [0.15, 0.2) is 0 Å². The number of aromatic amines is 1. The zero-order chi connectivity index (χ0) is 12.7. The Balaban J connectivity index is 1.81. The van der Waals surface area contributed by atoms with Crippen LogP contribution in [0.25, 0.3) is 0 Å². The highest BCUT2D eigenvalue weighted by molar-refractivity contribution is 5.96. The first-order chi connectivity index (χ1) is 8.65. The van der Waals surface area contributed by atoms with Gasteiger partial charge in [-0.3, -0.25) is 9.89 Å². The number of fused-ring (bicyclic) bond motifs is 2. The number of H-pyrrole nitrogens is 1. The van der Waals surface area contributed by atoms with Crippen LogP contribution in [0.5, 0.6) is 0 Å². The average Bonchev–Trinajstić information content (AvgIpc) is 2.68. The number of likely N-dealkylation sites (tertiary alicyclic amines) is 1. The molecule has 3 rings (SSSR count). The molecule has 2 fully saturated rings. The van der Waals surface area contributed by atoms with E-state index in [1.165, 1.54) is 25.7 Å². The minimum absolute atomic E-state index is 0.176. The van der Waals surface area contributed by atoms with Crippen molar-refractivity contribution in [1.82, 2.24) is 15.1 Å². The highest BCUT2D eigenvalue weighted by Gasteiger charge is 2.34. The molecule has 2 aliphatic rings. The monoisotopic (exact) mass is 247 g/mol. The Hall–Kier alpha value is -1.32. The highest BCUT2D eigenvalue weighted by Crippen LogP contribution is 2.35. The van der Waals surface area contributed by atoms with E-state index < -0.39 is 0 Å². The van der Waals surface area contributed by atoms with E-state index in [0.717, 1.165) is 41.9 Å². The summed E-state index contributed by atoms with van der Waals surface area (Å²) < 4.78 is 0. The van der Waals surface area contributed by atoms with E-state index in [4.69, 9.17) is 0 Å². The molecule has 2 bridgehead atoms. The molecule has 1 saturated carbocycles. The van der Waals surface area contributed by atoms with Gasteiger partial charge in [0.25, 0.3) is 5.91 Å². The molecule has 4 heteroatoms. The van der Waals surface area contributed by atoms with Gasteiger partial charge in [-0.05, 0) is 44.9 Å². The molecule has 1 saturated heterocycles. The summed E-state index contributed by atoms with van der Waals surface area (Å²) in [5.41, 5.74) is 2.51. The van der Waals surface area contributed by atoms with Crippen LogP contribution in [0.4, 0.5) is 0 Å². The third-order valence-electron chi connectivity index (χ3n) is 4.48. The number of nitrogens with zero attached hydrogens (tertiary/aromatic N) is 2. The van der Waals surface area contributed by atoms with Crippen molar-refractivity contribution in [2.75, 3.05) is 13.1 Å². The fourth-order valence-corrected chi connectivity index (χ4v) is 3.62. The number of piperidine rings is 1. The van der Waals surface area contributed by atoms with E-state index in [1.807, 2.05) is 13.8 Å². The van der Waals surface area contributed by atoms with E-state index in [0.29, 0.717) is 0 Å². The molecule has 1 N–H and O–H groups in total. The Kier molecular flexibility index (Phi) is 2.88. The maximum Gasteiger partial charge on any atom is 0.257 e. The molecule has 1 aromatic heterocycles. The molecule has 2 heterocycles. The maximum atomic E-state index is 12.6. The van der Waals surface area contributed by atoms with Crippen LogP contribution in [0.1, 0.15) is 47.4 Å². The van der Waals surface area contributed by atoms with E-state index >= 15 is 0 Å². The lowest BCUT2D eigenvalue weighted by molar-refractivity contribution is 0.0503. The number of amides is 1. The van der Waals surface area contributed by atoms with Crippen LogP contribution >= 0.6 is 0 Å². The van der Waals surface area contributed by atoms with Crippen LogP contribution in [0.3, 0.4) is 0 Å². The van der Waals surface area contributed by atoms with Crippen LogP contribution < -0.4 is 0 Å². The van der Waals surface area contributed by atoms with Gasteiger partial charge in [-0.1, -0.05) is 6.42 Å². The van der Waals surface area contributed by atoms with Crippen LogP contribution in [-0.4, -0.2) is 34.1 Å². The fraction of sp³-hybridized carbons (Fsp3) is 0.714. The first kappa shape index (κ1) is 11.8. The number of carbonyl (C=O) groups excluding carboxylic acids is 1. The van der Waals surface area contributed by atoms with E-state index in [-0.39, 0.29) is 5.91 Å².